The summed E-state index contributed by atoms with van der Waals surface area (Å²) in [7, 11) is 0. The molecule has 5 rings (SSSR count). The van der Waals surface area contributed by atoms with Crippen molar-refractivity contribution in [3.05, 3.63) is 41.1 Å². The topological polar surface area (TPSA) is 75.4 Å². The summed E-state index contributed by atoms with van der Waals surface area (Å²) in [5.41, 5.74) is 3.79. The summed E-state index contributed by atoms with van der Waals surface area (Å²) < 4.78 is 2.24. The quantitative estimate of drug-likeness (QED) is 0.497. The monoisotopic (exact) mass is 340 g/mol. The minimum Gasteiger partial charge on any atom is -0.477 e. The Hall–Kier alpha value is -2.54. The van der Waals surface area contributed by atoms with Crippen molar-refractivity contribution in [2.75, 3.05) is 5.75 Å². The third kappa shape index (κ3) is 1.76. The normalized spacial score (nSPS) is 23.4. The smallest absolute Gasteiger partial charge is 0.352 e. The van der Waals surface area contributed by atoms with Crippen LogP contribution in [0.15, 0.2) is 40.7 Å². The van der Waals surface area contributed by atoms with Gasteiger partial charge in [-0.15, -0.1) is 0 Å². The van der Waals surface area contributed by atoms with Gasteiger partial charge in [0.25, 0.3) is 5.91 Å². The molecule has 2 aromatic rings. The molecule has 1 N–H and O–H groups in total. The molecule has 0 aliphatic carbocycles. The molecule has 0 spiro atoms. The number of hydrogen-bond donors (Lipinski definition) is 2. The number of carboxylic acid groups (broad SMARTS) is 1. The van der Waals surface area contributed by atoms with Gasteiger partial charge < -0.3 is 9.67 Å². The fourth-order valence-corrected chi connectivity index (χ4v) is 4.73. The van der Waals surface area contributed by atoms with E-state index in [1.807, 2.05) is 18.2 Å². The minimum absolute atomic E-state index is 0.0992. The number of aromatic nitrogens is 2. The molecule has 3 aliphatic heterocycles. The van der Waals surface area contributed by atoms with Crippen LogP contribution in [0.3, 0.4) is 0 Å². The summed E-state index contributed by atoms with van der Waals surface area (Å²) >= 11 is 1.26. The lowest BCUT2D eigenvalue weighted by atomic mass is 9.92. The maximum Gasteiger partial charge on any atom is 0.352 e. The summed E-state index contributed by atoms with van der Waals surface area (Å²) in [4.78, 5) is 29.4. The van der Waals surface area contributed by atoms with Crippen molar-refractivity contribution < 1.29 is 14.7 Å². The Balaban J connectivity index is 1.48. The van der Waals surface area contributed by atoms with E-state index in [4.69, 9.17) is 5.11 Å². The summed E-state index contributed by atoms with van der Waals surface area (Å²) in [6.45, 7) is 1.01. The molecule has 4 heterocycles. The van der Waals surface area contributed by atoms with E-state index in [-0.39, 0.29) is 17.6 Å². The Labute approximate surface area is 141 Å². The first-order valence-corrected chi connectivity index (χ1v) is 8.88. The number of carbonyl (C=O) groups excluding carboxylic acids is 1. The number of fused-ring (bicyclic) bond motifs is 4. The van der Waals surface area contributed by atoms with E-state index in [9.17, 15) is 9.59 Å². The number of carboxylic acids is 1. The molecule has 0 bridgehead atoms. The second-order valence-electron chi connectivity index (χ2n) is 6.11. The molecule has 1 radical (unpaired) electrons. The number of nitrogens with zero attached hydrogens (tertiary/aromatic N) is 3. The molecule has 6 nitrogen and oxygen atoms in total. The van der Waals surface area contributed by atoms with Crippen molar-refractivity contribution in [3.8, 4) is 0 Å². The number of benzene rings is 1. The summed E-state index contributed by atoms with van der Waals surface area (Å²) in [6, 6.07) is 5.91. The first-order valence-electron chi connectivity index (χ1n) is 7.80. The molecule has 1 fully saturated rings. The zero-order chi connectivity index (χ0) is 16.4. The largest absolute Gasteiger partial charge is 0.477 e. The first-order chi connectivity index (χ1) is 11.6. The van der Waals surface area contributed by atoms with Crippen LogP contribution in [0.5, 0.6) is 0 Å². The Morgan fingerprint density at radius 1 is 1.42 bits per heavy atom. The lowest BCUT2D eigenvalue weighted by Crippen LogP contribution is -2.52. The van der Waals surface area contributed by atoms with Gasteiger partial charge >= 0.3 is 5.97 Å². The number of aliphatic carboxylic acids is 1. The maximum atomic E-state index is 12.3. The lowest BCUT2D eigenvalue weighted by Gasteiger charge is -2.38. The van der Waals surface area contributed by atoms with Crippen LogP contribution < -0.4 is 0 Å². The van der Waals surface area contributed by atoms with E-state index in [2.05, 4.69) is 15.6 Å². The number of imidazole rings is 1. The van der Waals surface area contributed by atoms with Gasteiger partial charge in [0.05, 0.1) is 17.1 Å². The molecule has 3 aliphatic rings. The number of amides is 1. The summed E-state index contributed by atoms with van der Waals surface area (Å²) in [5, 5.41) is 10.2. The average Bonchev–Trinajstić information content (AvgIpc) is 3.24. The zero-order valence-corrected chi connectivity index (χ0v) is 13.5. The fourth-order valence-electron chi connectivity index (χ4n) is 3.67. The molecule has 24 heavy (non-hydrogen) atoms. The molecule has 121 valence electrons. The van der Waals surface area contributed by atoms with Crippen molar-refractivity contribution in [2.45, 2.75) is 24.2 Å². The van der Waals surface area contributed by atoms with E-state index in [1.165, 1.54) is 16.7 Å². The van der Waals surface area contributed by atoms with Crippen molar-refractivity contribution in [1.82, 2.24) is 14.5 Å². The molecule has 0 saturated carbocycles. The molecule has 1 atom stereocenters. The van der Waals surface area contributed by atoms with Crippen LogP contribution in [0.4, 0.5) is 0 Å². The molecular formula is C17H14N3O3S. The summed E-state index contributed by atoms with van der Waals surface area (Å²) in [6.07, 6.45) is 4.05. The van der Waals surface area contributed by atoms with Gasteiger partial charge in [0.2, 0.25) is 0 Å². The number of carbonyl (C=O) groups is 2. The highest BCUT2D eigenvalue weighted by molar-refractivity contribution is 7.99. The number of β-lactam (4-membered cyclic amide) rings is 1. The molecule has 1 amide bonds. The Kier molecular flexibility index (Phi) is 2.73. The van der Waals surface area contributed by atoms with Crippen LogP contribution in [-0.4, -0.2) is 43.2 Å². The Bertz CT molecular complexity index is 988. The van der Waals surface area contributed by atoms with Crippen LogP contribution in [0.2, 0.25) is 0 Å². The number of rotatable bonds is 2. The van der Waals surface area contributed by atoms with Gasteiger partial charge in [-0.05, 0) is 30.2 Å². The highest BCUT2D eigenvalue weighted by Gasteiger charge is 2.48. The molecule has 7 heteroatoms. The standard InChI is InChI=1S/C17H14N3O3S/c21-15-10(12-3-4-14(16(22)23)20(12)15)7-9-1-2-13-11(8-9)18-17-19(13)5-6-24-17/h1-2,4,7-8,12,24H,3,5-6H2,(H,22,23). The van der Waals surface area contributed by atoms with E-state index in [0.29, 0.717) is 12.0 Å². The van der Waals surface area contributed by atoms with Crippen molar-refractivity contribution in [1.29, 1.82) is 0 Å². The van der Waals surface area contributed by atoms with Gasteiger partial charge in [-0.3, -0.25) is 9.69 Å². The van der Waals surface area contributed by atoms with Crippen molar-refractivity contribution in [2.24, 2.45) is 0 Å². The highest BCUT2D eigenvalue weighted by Crippen LogP contribution is 2.39. The fraction of sp³-hybridized carbons (Fsp3) is 0.235. The lowest BCUT2D eigenvalue weighted by molar-refractivity contribution is -0.142. The van der Waals surface area contributed by atoms with Crippen molar-refractivity contribution in [3.63, 3.8) is 0 Å². The highest BCUT2D eigenvalue weighted by atomic mass is 32.2. The first kappa shape index (κ1) is 13.9. The van der Waals surface area contributed by atoms with Crippen LogP contribution >= 0.6 is 11.8 Å². The van der Waals surface area contributed by atoms with Crippen molar-refractivity contribution >= 4 is 40.7 Å². The van der Waals surface area contributed by atoms with Gasteiger partial charge in [0.15, 0.2) is 5.16 Å². The summed E-state index contributed by atoms with van der Waals surface area (Å²) in [5.74, 6) is -0.134. The second kappa shape index (κ2) is 4.73. The number of hydrogen-bond acceptors (Lipinski definition) is 3. The Morgan fingerprint density at radius 3 is 3.12 bits per heavy atom. The van der Waals surface area contributed by atoms with Gasteiger partial charge in [-0.2, -0.15) is 11.8 Å². The third-order valence-corrected chi connectivity index (χ3v) is 5.85. The van der Waals surface area contributed by atoms with E-state index >= 15 is 0 Å². The molecule has 1 aromatic heterocycles. The van der Waals surface area contributed by atoms with E-state index in [0.717, 1.165) is 34.1 Å². The molecule has 1 unspecified atom stereocenters. The maximum absolute atomic E-state index is 12.3. The molecular weight excluding hydrogens is 326 g/mol. The number of thiol groups is 1. The zero-order valence-electron chi connectivity index (χ0n) is 12.6. The Morgan fingerprint density at radius 2 is 2.29 bits per heavy atom. The van der Waals surface area contributed by atoms with E-state index in [1.54, 1.807) is 6.08 Å². The third-order valence-electron chi connectivity index (χ3n) is 4.80. The predicted octanol–water partition coefficient (Wildman–Crippen LogP) is 1.84. The van der Waals surface area contributed by atoms with Crippen LogP contribution in [-0.2, 0) is 16.1 Å². The van der Waals surface area contributed by atoms with Gasteiger partial charge in [0, 0.05) is 17.9 Å². The predicted molar refractivity (Wildman–Crippen MR) is 90.8 cm³/mol. The van der Waals surface area contributed by atoms with Gasteiger partial charge in [0.1, 0.15) is 5.70 Å². The van der Waals surface area contributed by atoms with Gasteiger partial charge in [-0.1, -0.05) is 12.1 Å². The molecule has 1 saturated heterocycles. The average molecular weight is 340 g/mol. The van der Waals surface area contributed by atoms with Gasteiger partial charge in [-0.25, -0.2) is 9.78 Å². The van der Waals surface area contributed by atoms with Crippen LogP contribution in [0.1, 0.15) is 12.0 Å². The van der Waals surface area contributed by atoms with E-state index < -0.39 is 5.97 Å². The van der Waals surface area contributed by atoms with Crippen LogP contribution in [0.25, 0.3) is 17.1 Å². The van der Waals surface area contributed by atoms with Crippen LogP contribution in [0, 0.1) is 0 Å². The molecule has 1 aromatic carbocycles. The number of aryl methyl sites for hydroxylation is 1. The SMILES string of the molecule is O=C(O)C1=CCC2C(=Cc3ccc4c(c3)nc3n4CC[SH]3)C(=O)N12. The second-order valence-corrected chi connectivity index (χ2v) is 7.28. The minimum atomic E-state index is -1.04.